The van der Waals surface area contributed by atoms with E-state index in [0.717, 1.165) is 30.7 Å². The molecule has 3 rings (SSSR count). The molecular formula is C17H21N3O2S. The number of aromatic amines is 1. The predicted octanol–water partition coefficient (Wildman–Crippen LogP) is 3.67. The summed E-state index contributed by atoms with van der Waals surface area (Å²) in [5.74, 6) is 0.407. The minimum absolute atomic E-state index is 0.0333. The smallest absolute Gasteiger partial charge is 0.274 e. The number of H-pyrrole nitrogens is 1. The van der Waals surface area contributed by atoms with Crippen molar-refractivity contribution in [2.75, 3.05) is 5.32 Å². The maximum absolute atomic E-state index is 12.5. The lowest BCUT2D eigenvalue weighted by Gasteiger charge is -2.15. The molecule has 2 aromatic rings. The van der Waals surface area contributed by atoms with Gasteiger partial charge in [0.2, 0.25) is 0 Å². The largest absolute Gasteiger partial charge is 0.354 e. The zero-order chi connectivity index (χ0) is 16.7. The molecule has 1 aliphatic carbocycles. The van der Waals surface area contributed by atoms with E-state index in [-0.39, 0.29) is 11.7 Å². The van der Waals surface area contributed by atoms with Gasteiger partial charge in [-0.3, -0.25) is 14.9 Å². The van der Waals surface area contributed by atoms with Gasteiger partial charge < -0.3 is 4.98 Å². The lowest BCUT2D eigenvalue weighted by Crippen LogP contribution is -2.14. The molecule has 6 heteroatoms. The molecule has 0 spiro atoms. The van der Waals surface area contributed by atoms with Crippen LogP contribution in [0.4, 0.5) is 5.13 Å². The number of Topliss-reactive ketones (excluding diaryl/α,β-unsaturated/α-hetero) is 1. The van der Waals surface area contributed by atoms with Crippen LogP contribution in [-0.4, -0.2) is 21.7 Å². The highest BCUT2D eigenvalue weighted by molar-refractivity contribution is 7.15. The number of nitrogens with one attached hydrogen (secondary N) is 2. The topological polar surface area (TPSA) is 74.8 Å². The van der Waals surface area contributed by atoms with Crippen LogP contribution in [0.3, 0.4) is 0 Å². The third-order valence-electron chi connectivity index (χ3n) is 4.42. The number of hydrogen-bond donors (Lipinski definition) is 2. The second kappa shape index (κ2) is 5.92. The first-order valence-corrected chi connectivity index (χ1v) is 8.68. The number of fused-ring (bicyclic) bond motifs is 1. The number of ketones is 1. The van der Waals surface area contributed by atoms with Crippen LogP contribution in [0.5, 0.6) is 0 Å². The molecule has 5 nitrogen and oxygen atoms in total. The third-order valence-corrected chi connectivity index (χ3v) is 5.46. The van der Waals surface area contributed by atoms with Crippen LogP contribution < -0.4 is 5.32 Å². The van der Waals surface area contributed by atoms with Crippen LogP contribution in [0.2, 0.25) is 0 Å². The van der Waals surface area contributed by atoms with Crippen molar-refractivity contribution < 1.29 is 9.59 Å². The standard InChI is InChI=1S/C17H21N3O2S/c1-8-5-6-12-13(7-8)23-17(19-12)20-16(22)15-9(2)14(11(4)21)10(3)18-15/h8,18H,5-7H2,1-4H3,(H,19,20,22). The summed E-state index contributed by atoms with van der Waals surface area (Å²) in [5, 5.41) is 3.52. The second-order valence-corrected chi connectivity index (χ2v) is 7.46. The van der Waals surface area contributed by atoms with Gasteiger partial charge in [-0.05, 0) is 51.5 Å². The van der Waals surface area contributed by atoms with E-state index in [1.807, 2.05) is 6.92 Å². The van der Waals surface area contributed by atoms with Gasteiger partial charge in [0.05, 0.1) is 5.69 Å². The quantitative estimate of drug-likeness (QED) is 0.843. The van der Waals surface area contributed by atoms with Crippen molar-refractivity contribution in [2.45, 2.75) is 47.0 Å². The molecular weight excluding hydrogens is 310 g/mol. The van der Waals surface area contributed by atoms with Gasteiger partial charge in [-0.25, -0.2) is 4.98 Å². The minimum Gasteiger partial charge on any atom is -0.354 e. The summed E-state index contributed by atoms with van der Waals surface area (Å²) >= 11 is 1.56. The normalized spacial score (nSPS) is 17.0. The Kier molecular flexibility index (Phi) is 4.10. The van der Waals surface area contributed by atoms with E-state index in [0.29, 0.717) is 27.9 Å². The molecule has 2 N–H and O–H groups in total. The number of aromatic nitrogens is 2. The summed E-state index contributed by atoms with van der Waals surface area (Å²) in [5.41, 5.74) is 3.58. The Morgan fingerprint density at radius 2 is 2.09 bits per heavy atom. The number of nitrogens with zero attached hydrogens (tertiary/aromatic N) is 1. The molecule has 0 radical (unpaired) electrons. The summed E-state index contributed by atoms with van der Waals surface area (Å²) in [7, 11) is 0. The number of aryl methyl sites for hydroxylation is 2. The Bertz CT molecular complexity index is 788. The van der Waals surface area contributed by atoms with E-state index in [9.17, 15) is 9.59 Å². The number of carbonyl (C=O) groups is 2. The predicted molar refractivity (Wildman–Crippen MR) is 91.5 cm³/mol. The lowest BCUT2D eigenvalue weighted by molar-refractivity contribution is 0.101. The summed E-state index contributed by atoms with van der Waals surface area (Å²) in [6, 6.07) is 0. The van der Waals surface area contributed by atoms with Gasteiger partial charge in [-0.15, -0.1) is 11.3 Å². The van der Waals surface area contributed by atoms with Crippen LogP contribution in [0.25, 0.3) is 0 Å². The summed E-state index contributed by atoms with van der Waals surface area (Å²) in [6.45, 7) is 7.36. The number of hydrogen-bond acceptors (Lipinski definition) is 4. The van der Waals surface area contributed by atoms with Crippen LogP contribution in [0, 0.1) is 19.8 Å². The van der Waals surface area contributed by atoms with E-state index in [1.165, 1.54) is 11.8 Å². The molecule has 2 aromatic heterocycles. The fraction of sp³-hybridized carbons (Fsp3) is 0.471. The van der Waals surface area contributed by atoms with Crippen molar-refractivity contribution in [2.24, 2.45) is 5.92 Å². The third kappa shape index (κ3) is 2.95. The minimum atomic E-state index is -0.239. The van der Waals surface area contributed by atoms with Gasteiger partial charge in [0.15, 0.2) is 10.9 Å². The van der Waals surface area contributed by atoms with Gasteiger partial charge in [-0.2, -0.15) is 0 Å². The number of carbonyl (C=O) groups excluding carboxylic acids is 2. The molecule has 0 aromatic carbocycles. The highest BCUT2D eigenvalue weighted by atomic mass is 32.1. The van der Waals surface area contributed by atoms with Crippen LogP contribution in [-0.2, 0) is 12.8 Å². The molecule has 122 valence electrons. The van der Waals surface area contributed by atoms with Gasteiger partial charge in [0, 0.05) is 16.1 Å². The first kappa shape index (κ1) is 15.9. The zero-order valence-electron chi connectivity index (χ0n) is 13.9. The van der Waals surface area contributed by atoms with E-state index < -0.39 is 0 Å². The second-order valence-electron chi connectivity index (χ2n) is 6.37. The molecule has 23 heavy (non-hydrogen) atoms. The molecule has 0 bridgehead atoms. The first-order chi connectivity index (χ1) is 10.9. The van der Waals surface area contributed by atoms with Crippen molar-refractivity contribution in [1.29, 1.82) is 0 Å². The average Bonchev–Trinajstić information content (AvgIpc) is 2.98. The Hall–Kier alpha value is -1.95. The molecule has 1 amide bonds. The Balaban J connectivity index is 1.83. The lowest BCUT2D eigenvalue weighted by atomic mass is 9.93. The Labute approximate surface area is 139 Å². The maximum Gasteiger partial charge on any atom is 0.274 e. The Morgan fingerprint density at radius 1 is 1.35 bits per heavy atom. The average molecular weight is 331 g/mol. The number of amides is 1. The van der Waals surface area contributed by atoms with Crippen molar-refractivity contribution >= 4 is 28.2 Å². The highest BCUT2D eigenvalue weighted by Gasteiger charge is 2.23. The molecule has 0 saturated heterocycles. The van der Waals surface area contributed by atoms with Gasteiger partial charge in [-0.1, -0.05) is 6.92 Å². The van der Waals surface area contributed by atoms with Gasteiger partial charge in [0.1, 0.15) is 5.69 Å². The van der Waals surface area contributed by atoms with E-state index in [1.54, 1.807) is 18.3 Å². The van der Waals surface area contributed by atoms with Crippen molar-refractivity contribution in [3.8, 4) is 0 Å². The van der Waals surface area contributed by atoms with Gasteiger partial charge >= 0.3 is 0 Å². The Morgan fingerprint density at radius 3 is 2.74 bits per heavy atom. The van der Waals surface area contributed by atoms with Crippen LogP contribution in [0.1, 0.15) is 62.9 Å². The van der Waals surface area contributed by atoms with Crippen molar-refractivity contribution in [3.63, 3.8) is 0 Å². The number of thiazole rings is 1. The van der Waals surface area contributed by atoms with Crippen LogP contribution >= 0.6 is 11.3 Å². The molecule has 0 saturated carbocycles. The zero-order valence-corrected chi connectivity index (χ0v) is 14.7. The monoisotopic (exact) mass is 331 g/mol. The maximum atomic E-state index is 12.5. The number of rotatable bonds is 3. The molecule has 1 aliphatic rings. The van der Waals surface area contributed by atoms with E-state index in [2.05, 4.69) is 22.2 Å². The van der Waals surface area contributed by atoms with Crippen molar-refractivity contribution in [3.05, 3.63) is 33.1 Å². The van der Waals surface area contributed by atoms with Gasteiger partial charge in [0.25, 0.3) is 5.91 Å². The summed E-state index contributed by atoms with van der Waals surface area (Å²) < 4.78 is 0. The fourth-order valence-corrected chi connectivity index (χ4v) is 4.42. The summed E-state index contributed by atoms with van der Waals surface area (Å²) in [6.07, 6.45) is 3.18. The fourth-order valence-electron chi connectivity index (χ4n) is 3.26. The summed E-state index contributed by atoms with van der Waals surface area (Å²) in [4.78, 5) is 33.1. The molecule has 1 unspecified atom stereocenters. The first-order valence-electron chi connectivity index (χ1n) is 7.86. The van der Waals surface area contributed by atoms with Crippen LogP contribution in [0.15, 0.2) is 0 Å². The molecule has 0 fully saturated rings. The van der Waals surface area contributed by atoms with E-state index in [4.69, 9.17) is 0 Å². The molecule has 2 heterocycles. The van der Waals surface area contributed by atoms with E-state index >= 15 is 0 Å². The number of anilines is 1. The van der Waals surface area contributed by atoms with Crippen molar-refractivity contribution in [1.82, 2.24) is 9.97 Å². The molecule has 1 atom stereocenters. The molecule has 0 aliphatic heterocycles. The SMILES string of the molecule is CC(=O)c1c(C)[nH]c(C(=O)Nc2nc3c(s2)CC(C)CC3)c1C. The highest BCUT2D eigenvalue weighted by Crippen LogP contribution is 2.32.